The van der Waals surface area contributed by atoms with Gasteiger partial charge >= 0.3 is 0 Å². The van der Waals surface area contributed by atoms with Crippen molar-refractivity contribution in [2.24, 2.45) is 0 Å². The molecule has 0 radical (unpaired) electrons. The minimum atomic E-state index is -0.363. The fourth-order valence-corrected chi connectivity index (χ4v) is 1.95. The van der Waals surface area contributed by atoms with Crippen LogP contribution in [-0.4, -0.2) is 25.2 Å². The summed E-state index contributed by atoms with van der Waals surface area (Å²) >= 11 is 0. The Bertz CT molecular complexity index is 476. The van der Waals surface area contributed by atoms with Gasteiger partial charge in [-0.2, -0.15) is 5.26 Å². The van der Waals surface area contributed by atoms with Crippen LogP contribution in [0.15, 0.2) is 24.3 Å². The molecule has 1 amide bonds. The van der Waals surface area contributed by atoms with E-state index in [2.05, 4.69) is 5.32 Å². The molecule has 5 heteroatoms. The highest BCUT2D eigenvalue weighted by Crippen LogP contribution is 2.19. The molecule has 1 fully saturated rings. The third kappa shape index (κ3) is 3.97. The highest BCUT2D eigenvalue weighted by atomic mass is 16.5. The number of anilines is 1. The topological polar surface area (TPSA) is 71.3 Å². The van der Waals surface area contributed by atoms with Crippen LogP contribution in [0, 0.1) is 11.3 Å². The summed E-state index contributed by atoms with van der Waals surface area (Å²) in [5.41, 5.74) is 0.648. The maximum absolute atomic E-state index is 12.0. The van der Waals surface area contributed by atoms with Gasteiger partial charge < -0.3 is 14.8 Å². The summed E-state index contributed by atoms with van der Waals surface area (Å²) in [6.45, 7) is 0.631. The molecule has 1 heterocycles. The van der Waals surface area contributed by atoms with E-state index in [1.807, 2.05) is 6.07 Å². The molecule has 100 valence electrons. The number of rotatable bonds is 4. The molecule has 0 spiro atoms. The van der Waals surface area contributed by atoms with E-state index in [0.29, 0.717) is 18.0 Å². The van der Waals surface area contributed by atoms with E-state index in [4.69, 9.17) is 14.7 Å². The molecule has 2 rings (SSSR count). The molecule has 1 N–H and O–H groups in total. The Morgan fingerprint density at radius 2 is 2.42 bits per heavy atom. The number of hydrogen-bond acceptors (Lipinski definition) is 4. The average Bonchev–Trinajstić information content (AvgIpc) is 2.46. The molecular weight excluding hydrogens is 244 g/mol. The van der Waals surface area contributed by atoms with Crippen LogP contribution in [0.4, 0.5) is 5.69 Å². The quantitative estimate of drug-likeness (QED) is 0.899. The van der Waals surface area contributed by atoms with E-state index in [9.17, 15) is 4.79 Å². The lowest BCUT2D eigenvalue weighted by atomic mass is 10.1. The maximum atomic E-state index is 12.0. The summed E-state index contributed by atoms with van der Waals surface area (Å²) in [7, 11) is 0. The van der Waals surface area contributed by atoms with Crippen molar-refractivity contribution in [2.45, 2.75) is 25.4 Å². The van der Waals surface area contributed by atoms with Crippen molar-refractivity contribution in [3.63, 3.8) is 0 Å². The normalized spacial score (nSPS) is 18.4. The molecule has 0 aromatic heterocycles. The van der Waals surface area contributed by atoms with E-state index in [1.54, 1.807) is 24.3 Å². The number of benzene rings is 1. The fourth-order valence-electron chi connectivity index (χ4n) is 1.95. The predicted octanol–water partition coefficient (Wildman–Crippen LogP) is 2.10. The monoisotopic (exact) mass is 260 g/mol. The molecule has 0 aliphatic carbocycles. The smallest absolute Gasteiger partial charge is 0.253 e. The molecule has 1 atom stereocenters. The molecule has 1 aromatic rings. The minimum absolute atomic E-state index is 0.0108. The van der Waals surface area contributed by atoms with E-state index in [1.165, 1.54) is 0 Å². The summed E-state index contributed by atoms with van der Waals surface area (Å²) in [6.07, 6.45) is 2.43. The number of nitrogens with one attached hydrogen (secondary N) is 1. The summed E-state index contributed by atoms with van der Waals surface area (Å²) in [4.78, 5) is 12.0. The number of hydrogen-bond donors (Lipinski definition) is 1. The second-order valence-corrected chi connectivity index (χ2v) is 4.32. The summed E-state index contributed by atoms with van der Waals surface area (Å²) < 4.78 is 10.6. The SMILES string of the molecule is N#CCOc1cccc(NC(=O)C2CCCCO2)c1. The third-order valence-corrected chi connectivity index (χ3v) is 2.88. The van der Waals surface area contributed by atoms with Crippen LogP contribution in [-0.2, 0) is 9.53 Å². The Balaban J connectivity index is 1.94. The average molecular weight is 260 g/mol. The highest BCUT2D eigenvalue weighted by Gasteiger charge is 2.21. The van der Waals surface area contributed by atoms with Gasteiger partial charge in [-0.15, -0.1) is 0 Å². The summed E-state index contributed by atoms with van der Waals surface area (Å²) in [5.74, 6) is 0.432. The van der Waals surface area contributed by atoms with Gasteiger partial charge in [-0.05, 0) is 31.4 Å². The van der Waals surface area contributed by atoms with Gasteiger partial charge in [0.05, 0.1) is 0 Å². The summed E-state index contributed by atoms with van der Waals surface area (Å²) in [6, 6.07) is 8.88. The first-order chi connectivity index (χ1) is 9.29. The maximum Gasteiger partial charge on any atom is 0.253 e. The lowest BCUT2D eigenvalue weighted by Gasteiger charge is -2.21. The van der Waals surface area contributed by atoms with E-state index >= 15 is 0 Å². The van der Waals surface area contributed by atoms with Crippen molar-refractivity contribution < 1.29 is 14.3 Å². The van der Waals surface area contributed by atoms with Crippen LogP contribution < -0.4 is 10.1 Å². The van der Waals surface area contributed by atoms with Crippen LogP contribution in [0.2, 0.25) is 0 Å². The Hall–Kier alpha value is -2.06. The van der Waals surface area contributed by atoms with Gasteiger partial charge in [0.15, 0.2) is 6.61 Å². The summed E-state index contributed by atoms with van der Waals surface area (Å²) in [5, 5.41) is 11.3. The third-order valence-electron chi connectivity index (χ3n) is 2.88. The van der Waals surface area contributed by atoms with Gasteiger partial charge in [-0.1, -0.05) is 6.07 Å². The lowest BCUT2D eigenvalue weighted by molar-refractivity contribution is -0.129. The molecule has 0 saturated carbocycles. The molecule has 1 aliphatic rings. The first kappa shape index (κ1) is 13.4. The number of carbonyl (C=O) groups excluding carboxylic acids is 1. The van der Waals surface area contributed by atoms with Crippen LogP contribution in [0.1, 0.15) is 19.3 Å². The molecule has 1 saturated heterocycles. The van der Waals surface area contributed by atoms with Crippen molar-refractivity contribution in [3.8, 4) is 11.8 Å². The molecule has 1 aliphatic heterocycles. The van der Waals surface area contributed by atoms with Crippen molar-refractivity contribution in [1.82, 2.24) is 0 Å². The van der Waals surface area contributed by atoms with E-state index in [0.717, 1.165) is 19.3 Å². The Kier molecular flexibility index (Phi) is 4.76. The first-order valence-corrected chi connectivity index (χ1v) is 6.32. The van der Waals surface area contributed by atoms with Crippen LogP contribution in [0.25, 0.3) is 0 Å². The molecular formula is C14H16N2O3. The number of carbonyl (C=O) groups is 1. The number of nitriles is 1. The number of ether oxygens (including phenoxy) is 2. The van der Waals surface area contributed by atoms with Gasteiger partial charge in [0, 0.05) is 18.4 Å². The number of nitrogens with zero attached hydrogens (tertiary/aromatic N) is 1. The Morgan fingerprint density at radius 3 is 3.16 bits per heavy atom. The van der Waals surface area contributed by atoms with Crippen molar-refractivity contribution in [2.75, 3.05) is 18.5 Å². The second kappa shape index (κ2) is 6.76. The molecule has 19 heavy (non-hydrogen) atoms. The first-order valence-electron chi connectivity index (χ1n) is 6.32. The van der Waals surface area contributed by atoms with Gasteiger partial charge in [-0.25, -0.2) is 0 Å². The van der Waals surface area contributed by atoms with Crippen molar-refractivity contribution in [3.05, 3.63) is 24.3 Å². The molecule has 5 nitrogen and oxygen atoms in total. The van der Waals surface area contributed by atoms with Gasteiger partial charge in [-0.3, -0.25) is 4.79 Å². The zero-order valence-corrected chi connectivity index (χ0v) is 10.6. The predicted molar refractivity (Wildman–Crippen MR) is 69.8 cm³/mol. The van der Waals surface area contributed by atoms with E-state index < -0.39 is 0 Å². The Morgan fingerprint density at radius 1 is 1.53 bits per heavy atom. The van der Waals surface area contributed by atoms with Crippen LogP contribution in [0.5, 0.6) is 5.75 Å². The van der Waals surface area contributed by atoms with Crippen molar-refractivity contribution >= 4 is 11.6 Å². The lowest BCUT2D eigenvalue weighted by Crippen LogP contribution is -2.33. The standard InChI is InChI=1S/C14H16N2O3/c15-7-9-18-12-5-3-4-11(10-12)16-14(17)13-6-1-2-8-19-13/h3-5,10,13H,1-2,6,8-9H2,(H,16,17). The molecule has 1 unspecified atom stereocenters. The van der Waals surface area contributed by atoms with Crippen LogP contribution in [0.3, 0.4) is 0 Å². The van der Waals surface area contributed by atoms with Gasteiger partial charge in [0.2, 0.25) is 0 Å². The zero-order chi connectivity index (χ0) is 13.5. The molecule has 1 aromatic carbocycles. The van der Waals surface area contributed by atoms with Gasteiger partial charge in [0.1, 0.15) is 17.9 Å². The second-order valence-electron chi connectivity index (χ2n) is 4.32. The van der Waals surface area contributed by atoms with Gasteiger partial charge in [0.25, 0.3) is 5.91 Å². The van der Waals surface area contributed by atoms with Crippen LogP contribution >= 0.6 is 0 Å². The van der Waals surface area contributed by atoms with E-state index in [-0.39, 0.29) is 18.6 Å². The zero-order valence-electron chi connectivity index (χ0n) is 10.6. The minimum Gasteiger partial charge on any atom is -0.479 e. The number of amides is 1. The Labute approximate surface area is 112 Å². The largest absolute Gasteiger partial charge is 0.479 e. The van der Waals surface area contributed by atoms with Crippen molar-refractivity contribution in [1.29, 1.82) is 5.26 Å². The fraction of sp³-hybridized carbons (Fsp3) is 0.429. The molecule has 0 bridgehead atoms. The highest BCUT2D eigenvalue weighted by molar-refractivity contribution is 5.94.